The number of amides is 1. The van der Waals surface area contributed by atoms with Crippen molar-refractivity contribution in [1.29, 1.82) is 0 Å². The summed E-state index contributed by atoms with van der Waals surface area (Å²) >= 11 is 0. The summed E-state index contributed by atoms with van der Waals surface area (Å²) in [6, 6.07) is 0.290. The van der Waals surface area contributed by atoms with Crippen LogP contribution < -0.4 is 11.1 Å². The van der Waals surface area contributed by atoms with Gasteiger partial charge in [-0.3, -0.25) is 4.79 Å². The lowest BCUT2D eigenvalue weighted by atomic mass is 9.75. The first-order valence-electron chi connectivity index (χ1n) is 7.66. The van der Waals surface area contributed by atoms with Crippen molar-refractivity contribution in [3.63, 3.8) is 0 Å². The second-order valence-corrected chi connectivity index (χ2v) is 6.54. The van der Waals surface area contributed by atoms with Crippen LogP contribution in [0.4, 0.5) is 0 Å². The third-order valence-electron chi connectivity index (χ3n) is 5.00. The molecule has 3 nitrogen and oxygen atoms in total. The van der Waals surface area contributed by atoms with Crippen LogP contribution >= 0.6 is 0 Å². The lowest BCUT2D eigenvalue weighted by molar-refractivity contribution is -0.132. The Morgan fingerprint density at radius 1 is 1.17 bits per heavy atom. The molecular weight excluding hydrogens is 224 g/mol. The number of nitrogens with one attached hydrogen (secondary N) is 1. The maximum absolute atomic E-state index is 12.3. The van der Waals surface area contributed by atoms with E-state index >= 15 is 0 Å². The highest BCUT2D eigenvalue weighted by molar-refractivity contribution is 5.82. The maximum Gasteiger partial charge on any atom is 0.225 e. The summed E-state index contributed by atoms with van der Waals surface area (Å²) in [7, 11) is 0. The zero-order valence-corrected chi connectivity index (χ0v) is 11.7. The average molecular weight is 252 g/mol. The summed E-state index contributed by atoms with van der Waals surface area (Å²) < 4.78 is 0. The molecule has 0 radical (unpaired) electrons. The van der Waals surface area contributed by atoms with E-state index in [9.17, 15) is 4.79 Å². The summed E-state index contributed by atoms with van der Waals surface area (Å²) in [6.45, 7) is 2.91. The molecule has 0 aliphatic heterocycles. The van der Waals surface area contributed by atoms with Crippen LogP contribution in [0, 0.1) is 11.3 Å². The van der Waals surface area contributed by atoms with Crippen molar-refractivity contribution in [2.45, 2.75) is 70.8 Å². The number of rotatable bonds is 3. The minimum atomic E-state index is -0.114. The lowest BCUT2D eigenvalue weighted by Gasteiger charge is -2.34. The van der Waals surface area contributed by atoms with Gasteiger partial charge in [0.25, 0.3) is 0 Å². The highest BCUT2D eigenvalue weighted by Crippen LogP contribution is 2.36. The van der Waals surface area contributed by atoms with Gasteiger partial charge in [-0.05, 0) is 31.6 Å². The van der Waals surface area contributed by atoms with Gasteiger partial charge >= 0.3 is 0 Å². The fraction of sp³-hybridized carbons (Fsp3) is 0.933. The number of carbonyl (C=O) groups excluding carboxylic acids is 1. The van der Waals surface area contributed by atoms with Crippen LogP contribution in [0.25, 0.3) is 0 Å². The van der Waals surface area contributed by atoms with Crippen molar-refractivity contribution in [2.75, 3.05) is 6.54 Å². The summed E-state index contributed by atoms with van der Waals surface area (Å²) in [4.78, 5) is 12.3. The monoisotopic (exact) mass is 252 g/mol. The fourth-order valence-corrected chi connectivity index (χ4v) is 3.49. The summed E-state index contributed by atoms with van der Waals surface area (Å²) in [5.74, 6) is 0.759. The maximum atomic E-state index is 12.3. The van der Waals surface area contributed by atoms with E-state index in [4.69, 9.17) is 5.73 Å². The predicted octanol–water partition coefficient (Wildman–Crippen LogP) is 2.59. The normalized spacial score (nSPS) is 31.9. The third kappa shape index (κ3) is 3.25. The van der Waals surface area contributed by atoms with Crippen LogP contribution in [0.15, 0.2) is 0 Å². The second-order valence-electron chi connectivity index (χ2n) is 6.54. The largest absolute Gasteiger partial charge is 0.355 e. The van der Waals surface area contributed by atoms with Crippen molar-refractivity contribution >= 4 is 5.91 Å². The first kappa shape index (κ1) is 13.9. The molecule has 0 saturated heterocycles. The molecule has 0 bridgehead atoms. The predicted molar refractivity (Wildman–Crippen MR) is 74.1 cm³/mol. The molecule has 2 aliphatic rings. The van der Waals surface area contributed by atoms with E-state index in [0.717, 1.165) is 25.8 Å². The molecule has 2 aliphatic carbocycles. The fourth-order valence-electron chi connectivity index (χ4n) is 3.49. The van der Waals surface area contributed by atoms with Gasteiger partial charge in [0.2, 0.25) is 5.91 Å². The first-order chi connectivity index (χ1) is 8.62. The number of carbonyl (C=O) groups is 1. The van der Waals surface area contributed by atoms with Gasteiger partial charge in [0.1, 0.15) is 0 Å². The molecule has 3 N–H and O–H groups in total. The SMILES string of the molecule is CC1(C(=O)NCC2CCCCC2N)CCCCC1. The molecule has 2 rings (SSSR count). The number of nitrogens with two attached hydrogens (primary N) is 1. The van der Waals surface area contributed by atoms with Gasteiger partial charge in [0, 0.05) is 18.0 Å². The van der Waals surface area contributed by atoms with E-state index in [1.54, 1.807) is 0 Å². The van der Waals surface area contributed by atoms with E-state index < -0.39 is 0 Å². The van der Waals surface area contributed by atoms with Crippen molar-refractivity contribution in [3.8, 4) is 0 Å². The van der Waals surface area contributed by atoms with Crippen molar-refractivity contribution in [2.24, 2.45) is 17.1 Å². The molecule has 2 saturated carbocycles. The van der Waals surface area contributed by atoms with Gasteiger partial charge in [-0.1, -0.05) is 39.0 Å². The molecule has 0 aromatic carbocycles. The third-order valence-corrected chi connectivity index (χ3v) is 5.00. The van der Waals surface area contributed by atoms with Crippen molar-refractivity contribution < 1.29 is 4.79 Å². The van der Waals surface area contributed by atoms with Gasteiger partial charge in [0.15, 0.2) is 0 Å². The van der Waals surface area contributed by atoms with Crippen LogP contribution in [0.5, 0.6) is 0 Å². The molecule has 2 unspecified atom stereocenters. The highest BCUT2D eigenvalue weighted by Gasteiger charge is 2.34. The number of hydrogen-bond donors (Lipinski definition) is 2. The van der Waals surface area contributed by atoms with Crippen LogP contribution in [0.3, 0.4) is 0 Å². The first-order valence-corrected chi connectivity index (χ1v) is 7.66. The molecule has 18 heavy (non-hydrogen) atoms. The van der Waals surface area contributed by atoms with Crippen molar-refractivity contribution in [3.05, 3.63) is 0 Å². The average Bonchev–Trinajstić information content (AvgIpc) is 2.38. The molecule has 1 amide bonds. The van der Waals surface area contributed by atoms with E-state index in [-0.39, 0.29) is 11.3 Å². The Morgan fingerprint density at radius 3 is 2.50 bits per heavy atom. The smallest absolute Gasteiger partial charge is 0.225 e. The van der Waals surface area contributed by atoms with Gasteiger partial charge in [0.05, 0.1) is 0 Å². The molecule has 2 atom stereocenters. The van der Waals surface area contributed by atoms with Crippen LogP contribution in [0.2, 0.25) is 0 Å². The van der Waals surface area contributed by atoms with E-state index in [2.05, 4.69) is 12.2 Å². The Bertz CT molecular complexity index is 284. The van der Waals surface area contributed by atoms with Crippen molar-refractivity contribution in [1.82, 2.24) is 5.32 Å². The minimum absolute atomic E-state index is 0.114. The summed E-state index contributed by atoms with van der Waals surface area (Å²) in [5, 5.41) is 3.17. The Morgan fingerprint density at radius 2 is 1.83 bits per heavy atom. The summed E-state index contributed by atoms with van der Waals surface area (Å²) in [5.41, 5.74) is 6.01. The van der Waals surface area contributed by atoms with Gasteiger partial charge < -0.3 is 11.1 Å². The van der Waals surface area contributed by atoms with Gasteiger partial charge in [-0.2, -0.15) is 0 Å². The second kappa shape index (κ2) is 6.05. The standard InChI is InChI=1S/C15H28N2O/c1-15(9-5-2-6-10-15)14(18)17-11-12-7-3-4-8-13(12)16/h12-13H,2-11,16H2,1H3,(H,17,18). The van der Waals surface area contributed by atoms with Gasteiger partial charge in [-0.25, -0.2) is 0 Å². The van der Waals surface area contributed by atoms with E-state index in [1.165, 1.54) is 38.5 Å². The van der Waals surface area contributed by atoms with E-state index in [0.29, 0.717) is 12.0 Å². The lowest BCUT2D eigenvalue weighted by Crippen LogP contribution is -2.46. The molecule has 0 heterocycles. The van der Waals surface area contributed by atoms with Crippen LogP contribution in [-0.4, -0.2) is 18.5 Å². The Balaban J connectivity index is 1.80. The molecule has 0 aromatic rings. The van der Waals surface area contributed by atoms with Gasteiger partial charge in [-0.15, -0.1) is 0 Å². The zero-order valence-electron chi connectivity index (χ0n) is 11.7. The topological polar surface area (TPSA) is 55.1 Å². The molecule has 104 valence electrons. The molecule has 3 heteroatoms. The highest BCUT2D eigenvalue weighted by atomic mass is 16.2. The Hall–Kier alpha value is -0.570. The van der Waals surface area contributed by atoms with Crippen LogP contribution in [-0.2, 0) is 4.79 Å². The number of hydrogen-bond acceptors (Lipinski definition) is 2. The molecule has 0 spiro atoms. The quantitative estimate of drug-likeness (QED) is 0.811. The minimum Gasteiger partial charge on any atom is -0.355 e. The zero-order chi connectivity index (χ0) is 13.0. The molecular formula is C15H28N2O. The Labute approximate surface area is 111 Å². The van der Waals surface area contributed by atoms with E-state index in [1.807, 2.05) is 0 Å². The summed E-state index contributed by atoms with van der Waals surface area (Å²) in [6.07, 6.45) is 10.6. The van der Waals surface area contributed by atoms with Crippen LogP contribution in [0.1, 0.15) is 64.7 Å². The Kier molecular flexibility index (Phi) is 4.66. The molecule has 2 fully saturated rings. The molecule has 0 aromatic heterocycles.